The van der Waals surface area contributed by atoms with Gasteiger partial charge in [0, 0.05) is 11.5 Å². The van der Waals surface area contributed by atoms with Gasteiger partial charge in [-0.15, -0.1) is 11.8 Å². The number of ether oxygens (including phenoxy) is 2. The van der Waals surface area contributed by atoms with E-state index in [1.54, 1.807) is 12.1 Å². The number of hydrogen-bond donors (Lipinski definition) is 1. The molecule has 1 heterocycles. The van der Waals surface area contributed by atoms with Crippen molar-refractivity contribution in [1.29, 1.82) is 5.26 Å². The molecule has 1 N–H and O–H groups in total. The first-order valence-corrected chi connectivity index (χ1v) is 7.86. The van der Waals surface area contributed by atoms with Gasteiger partial charge in [0.15, 0.2) is 12.7 Å². The predicted octanol–water partition coefficient (Wildman–Crippen LogP) is 1.96. The molecule has 0 bridgehead atoms. The van der Waals surface area contributed by atoms with E-state index in [1.165, 1.54) is 11.8 Å². The van der Waals surface area contributed by atoms with Crippen LogP contribution in [0.1, 0.15) is 12.8 Å². The largest absolute Gasteiger partial charge is 0.454 e. The third-order valence-electron chi connectivity index (χ3n) is 2.99. The summed E-state index contributed by atoms with van der Waals surface area (Å²) in [6.45, 7) is 0.200. The van der Waals surface area contributed by atoms with E-state index < -0.39 is 18.0 Å². The van der Waals surface area contributed by atoms with Gasteiger partial charge >= 0.3 is 5.97 Å². The van der Waals surface area contributed by atoms with E-state index in [2.05, 4.69) is 5.32 Å². The maximum absolute atomic E-state index is 11.9. The molecule has 0 radical (unpaired) electrons. The molecule has 116 valence electrons. The molecule has 2 rings (SSSR count). The monoisotopic (exact) mass is 320 g/mol. The number of carbonyl (C=O) groups excluding carboxylic acids is 2. The van der Waals surface area contributed by atoms with Crippen molar-refractivity contribution in [3.63, 3.8) is 0 Å². The second-order valence-corrected chi connectivity index (χ2v) is 5.62. The van der Waals surface area contributed by atoms with Crippen molar-refractivity contribution in [3.05, 3.63) is 24.3 Å². The smallest absolute Gasteiger partial charge is 0.335 e. The van der Waals surface area contributed by atoms with Crippen LogP contribution in [0, 0.1) is 11.3 Å². The molecule has 7 heteroatoms. The summed E-state index contributed by atoms with van der Waals surface area (Å²) < 4.78 is 10.1. The molecule has 0 aromatic heterocycles. The van der Waals surface area contributed by atoms with Crippen LogP contribution >= 0.6 is 11.8 Å². The summed E-state index contributed by atoms with van der Waals surface area (Å²) in [4.78, 5) is 24.3. The van der Waals surface area contributed by atoms with Gasteiger partial charge in [0.2, 0.25) is 0 Å². The Morgan fingerprint density at radius 2 is 2.27 bits per heavy atom. The second kappa shape index (κ2) is 8.41. The molecule has 1 aliphatic rings. The molecule has 0 spiro atoms. The lowest BCUT2D eigenvalue weighted by Gasteiger charge is -2.11. The maximum atomic E-state index is 11.9. The normalized spacial score (nSPS) is 16.8. The van der Waals surface area contributed by atoms with Crippen molar-refractivity contribution in [2.75, 3.05) is 24.3 Å². The Kier molecular flexibility index (Phi) is 6.25. The fourth-order valence-corrected chi connectivity index (χ4v) is 2.65. The van der Waals surface area contributed by atoms with Gasteiger partial charge in [-0.25, -0.2) is 4.79 Å². The van der Waals surface area contributed by atoms with Gasteiger partial charge in [-0.1, -0.05) is 12.1 Å². The van der Waals surface area contributed by atoms with Crippen molar-refractivity contribution in [1.82, 2.24) is 0 Å². The number of nitrogens with zero attached hydrogens (tertiary/aromatic N) is 1. The van der Waals surface area contributed by atoms with E-state index in [4.69, 9.17) is 14.7 Å². The van der Waals surface area contributed by atoms with Crippen LogP contribution in [-0.2, 0) is 19.1 Å². The zero-order chi connectivity index (χ0) is 15.8. The minimum Gasteiger partial charge on any atom is -0.454 e. The number of para-hydroxylation sites is 1. The number of rotatable bonds is 6. The molecule has 1 amide bonds. The predicted molar refractivity (Wildman–Crippen MR) is 81.3 cm³/mol. The number of anilines is 1. The highest BCUT2D eigenvalue weighted by Gasteiger charge is 2.25. The molecule has 1 atom stereocenters. The van der Waals surface area contributed by atoms with Gasteiger partial charge in [-0.2, -0.15) is 5.26 Å². The molecular weight excluding hydrogens is 304 g/mol. The number of hydrogen-bond acceptors (Lipinski definition) is 6. The van der Waals surface area contributed by atoms with E-state index in [-0.39, 0.29) is 6.61 Å². The van der Waals surface area contributed by atoms with Crippen LogP contribution in [0.15, 0.2) is 29.2 Å². The average Bonchev–Trinajstić information content (AvgIpc) is 3.06. The van der Waals surface area contributed by atoms with E-state index in [1.807, 2.05) is 18.2 Å². The molecule has 1 fully saturated rings. The van der Waals surface area contributed by atoms with Gasteiger partial charge in [0.05, 0.1) is 17.5 Å². The number of nitriles is 1. The van der Waals surface area contributed by atoms with E-state index >= 15 is 0 Å². The number of nitrogens with one attached hydrogen (secondary N) is 1. The van der Waals surface area contributed by atoms with Crippen LogP contribution in [0.4, 0.5) is 5.69 Å². The Balaban J connectivity index is 1.84. The standard InChI is InChI=1S/C15H16N2O4S/c16-7-9-22-13-6-2-1-4-11(13)17-14(18)10-21-15(19)12-5-3-8-20-12/h1-2,4,6,12H,3,5,8-10H2,(H,17,18)/t12-/m1/s1. The number of benzene rings is 1. The first-order valence-electron chi connectivity index (χ1n) is 6.87. The Morgan fingerprint density at radius 3 is 3.00 bits per heavy atom. The first-order chi connectivity index (χ1) is 10.7. The zero-order valence-corrected chi connectivity index (χ0v) is 12.7. The number of thioether (sulfide) groups is 1. The molecule has 1 aliphatic heterocycles. The highest BCUT2D eigenvalue weighted by atomic mass is 32.2. The second-order valence-electron chi connectivity index (χ2n) is 4.60. The molecular formula is C15H16N2O4S. The Bertz CT molecular complexity index is 579. The summed E-state index contributed by atoms with van der Waals surface area (Å²) in [6.07, 6.45) is 0.912. The molecule has 0 saturated carbocycles. The van der Waals surface area contributed by atoms with Crippen molar-refractivity contribution >= 4 is 29.3 Å². The van der Waals surface area contributed by atoms with Gasteiger partial charge < -0.3 is 14.8 Å². The summed E-state index contributed by atoms with van der Waals surface area (Å²) in [5.74, 6) is -0.628. The number of amides is 1. The Hall–Kier alpha value is -2.04. The van der Waals surface area contributed by atoms with Crippen LogP contribution in [0.2, 0.25) is 0 Å². The van der Waals surface area contributed by atoms with Crippen molar-refractivity contribution in [3.8, 4) is 6.07 Å². The van der Waals surface area contributed by atoms with E-state index in [9.17, 15) is 9.59 Å². The molecule has 0 aliphatic carbocycles. The van der Waals surface area contributed by atoms with Crippen LogP contribution in [0.3, 0.4) is 0 Å². The molecule has 0 unspecified atom stereocenters. The zero-order valence-electron chi connectivity index (χ0n) is 11.9. The maximum Gasteiger partial charge on any atom is 0.335 e. The van der Waals surface area contributed by atoms with Crippen molar-refractivity contribution in [2.24, 2.45) is 0 Å². The fraction of sp³-hybridized carbons (Fsp3) is 0.400. The molecule has 6 nitrogen and oxygen atoms in total. The van der Waals surface area contributed by atoms with Gasteiger partial charge in [-0.05, 0) is 25.0 Å². The summed E-state index contributed by atoms with van der Waals surface area (Å²) in [5, 5.41) is 11.3. The summed E-state index contributed by atoms with van der Waals surface area (Å²) in [6, 6.07) is 9.19. The molecule has 1 aromatic rings. The third-order valence-corrected chi connectivity index (χ3v) is 3.93. The topological polar surface area (TPSA) is 88.4 Å². The summed E-state index contributed by atoms with van der Waals surface area (Å²) >= 11 is 1.33. The van der Waals surface area contributed by atoms with E-state index in [0.717, 1.165) is 11.3 Å². The van der Waals surface area contributed by atoms with Crippen LogP contribution in [0.25, 0.3) is 0 Å². The number of esters is 1. The molecule has 1 aromatic carbocycles. The fourth-order valence-electron chi connectivity index (χ4n) is 1.99. The lowest BCUT2D eigenvalue weighted by Crippen LogP contribution is -2.27. The summed E-state index contributed by atoms with van der Waals surface area (Å²) in [5.41, 5.74) is 0.598. The van der Waals surface area contributed by atoms with Gasteiger partial charge in [0.1, 0.15) is 0 Å². The van der Waals surface area contributed by atoms with Crippen molar-refractivity contribution in [2.45, 2.75) is 23.8 Å². The molecule has 1 saturated heterocycles. The highest BCUT2D eigenvalue weighted by molar-refractivity contribution is 7.99. The minimum absolute atomic E-state index is 0.293. The lowest BCUT2D eigenvalue weighted by atomic mass is 10.2. The lowest BCUT2D eigenvalue weighted by molar-refractivity contribution is -0.156. The van der Waals surface area contributed by atoms with E-state index in [0.29, 0.717) is 24.5 Å². The third kappa shape index (κ3) is 4.76. The summed E-state index contributed by atoms with van der Waals surface area (Å²) in [7, 11) is 0. The average molecular weight is 320 g/mol. The van der Waals surface area contributed by atoms with Gasteiger partial charge in [0.25, 0.3) is 5.91 Å². The SMILES string of the molecule is N#CCSc1ccccc1NC(=O)COC(=O)[C@H]1CCCO1. The molecule has 22 heavy (non-hydrogen) atoms. The van der Waals surface area contributed by atoms with Crippen LogP contribution < -0.4 is 5.32 Å². The van der Waals surface area contributed by atoms with Crippen LogP contribution in [-0.4, -0.2) is 36.9 Å². The first kappa shape index (κ1) is 16.3. The minimum atomic E-state index is -0.550. The Morgan fingerprint density at radius 1 is 1.45 bits per heavy atom. The highest BCUT2D eigenvalue weighted by Crippen LogP contribution is 2.26. The van der Waals surface area contributed by atoms with Crippen molar-refractivity contribution < 1.29 is 19.1 Å². The number of carbonyl (C=O) groups is 2. The quantitative estimate of drug-likeness (QED) is 0.637. The van der Waals surface area contributed by atoms with Crippen LogP contribution in [0.5, 0.6) is 0 Å². The Labute approximate surface area is 132 Å². The van der Waals surface area contributed by atoms with Gasteiger partial charge in [-0.3, -0.25) is 4.79 Å².